The largest absolute Gasteiger partial charge is 0.391 e. The highest BCUT2D eigenvalue weighted by Crippen LogP contribution is 2.40. The van der Waals surface area contributed by atoms with E-state index in [1.165, 1.54) is 0 Å². The van der Waals surface area contributed by atoms with Crippen molar-refractivity contribution in [3.8, 4) is 0 Å². The van der Waals surface area contributed by atoms with Gasteiger partial charge >= 0.3 is 0 Å². The Kier molecular flexibility index (Phi) is 5.34. The summed E-state index contributed by atoms with van der Waals surface area (Å²) in [6.07, 6.45) is 1.87. The Morgan fingerprint density at radius 2 is 1.81 bits per heavy atom. The number of likely N-dealkylation sites (tertiary alicyclic amines) is 2. The quantitative estimate of drug-likeness (QED) is 0.855. The van der Waals surface area contributed by atoms with Gasteiger partial charge in [0.05, 0.1) is 17.4 Å². The van der Waals surface area contributed by atoms with Gasteiger partial charge in [0.1, 0.15) is 0 Å². The van der Waals surface area contributed by atoms with Gasteiger partial charge in [-0.2, -0.15) is 5.10 Å². The monoisotopic (exact) mass is 376 g/mol. The van der Waals surface area contributed by atoms with Crippen LogP contribution in [0.1, 0.15) is 67.8 Å². The summed E-state index contributed by atoms with van der Waals surface area (Å²) in [4.78, 5) is 28.6. The van der Waals surface area contributed by atoms with Crippen LogP contribution in [0, 0.1) is 19.3 Å². The first-order chi connectivity index (χ1) is 12.6. The van der Waals surface area contributed by atoms with Crippen LogP contribution in [0.5, 0.6) is 0 Å². The smallest absolute Gasteiger partial charge is 0.257 e. The van der Waals surface area contributed by atoms with E-state index in [-0.39, 0.29) is 23.3 Å². The van der Waals surface area contributed by atoms with Crippen LogP contribution in [0.4, 0.5) is 0 Å². The summed E-state index contributed by atoms with van der Waals surface area (Å²) in [5.41, 5.74) is 2.34. The molecular weight excluding hydrogens is 344 g/mol. The summed E-state index contributed by atoms with van der Waals surface area (Å²) in [6, 6.07) is 0.219. The third kappa shape index (κ3) is 3.74. The molecule has 1 unspecified atom stereocenters. The van der Waals surface area contributed by atoms with Gasteiger partial charge in [0.25, 0.3) is 5.91 Å². The lowest BCUT2D eigenvalue weighted by Gasteiger charge is -2.49. The highest BCUT2D eigenvalue weighted by Gasteiger charge is 2.43. The molecule has 0 aromatic carbocycles. The van der Waals surface area contributed by atoms with E-state index in [0.717, 1.165) is 24.2 Å². The van der Waals surface area contributed by atoms with E-state index in [0.29, 0.717) is 38.2 Å². The maximum atomic E-state index is 13.1. The van der Waals surface area contributed by atoms with Crippen molar-refractivity contribution >= 4 is 11.8 Å². The molecule has 1 N–H and O–H groups in total. The van der Waals surface area contributed by atoms with Crippen LogP contribution in [0.2, 0.25) is 0 Å². The van der Waals surface area contributed by atoms with E-state index < -0.39 is 6.10 Å². The van der Waals surface area contributed by atoms with Crippen LogP contribution < -0.4 is 0 Å². The van der Waals surface area contributed by atoms with Crippen LogP contribution >= 0.6 is 0 Å². The summed E-state index contributed by atoms with van der Waals surface area (Å²) >= 11 is 0. The van der Waals surface area contributed by atoms with Crippen LogP contribution in [0.25, 0.3) is 0 Å². The zero-order valence-corrected chi connectivity index (χ0v) is 17.2. The summed E-state index contributed by atoms with van der Waals surface area (Å²) in [6.45, 7) is 12.0. The highest BCUT2D eigenvalue weighted by atomic mass is 16.3. The fourth-order valence-electron chi connectivity index (χ4n) is 4.77. The Labute approximate surface area is 161 Å². The molecule has 7 heteroatoms. The lowest BCUT2D eigenvalue weighted by atomic mass is 9.71. The molecule has 1 spiro atoms. The van der Waals surface area contributed by atoms with Gasteiger partial charge in [0.15, 0.2) is 0 Å². The molecular formula is C20H32N4O3. The molecule has 27 heavy (non-hydrogen) atoms. The Hall–Kier alpha value is -1.89. The van der Waals surface area contributed by atoms with Crippen molar-refractivity contribution in [3.63, 3.8) is 0 Å². The summed E-state index contributed by atoms with van der Waals surface area (Å²) < 4.78 is 1.91. The molecule has 3 heterocycles. The third-order valence-electron chi connectivity index (χ3n) is 6.21. The fraction of sp³-hybridized carbons (Fsp3) is 0.750. The van der Waals surface area contributed by atoms with Gasteiger partial charge in [-0.15, -0.1) is 0 Å². The second-order valence-corrected chi connectivity index (χ2v) is 8.63. The molecule has 1 atom stereocenters. The van der Waals surface area contributed by atoms with Crippen LogP contribution in [0.15, 0.2) is 0 Å². The number of aliphatic hydroxyl groups excluding tert-OH is 1. The summed E-state index contributed by atoms with van der Waals surface area (Å²) in [5.74, 6) is 0.0607. The van der Waals surface area contributed by atoms with Crippen molar-refractivity contribution in [2.45, 2.75) is 66.0 Å². The second kappa shape index (κ2) is 7.26. The first kappa shape index (κ1) is 19.9. The third-order valence-corrected chi connectivity index (χ3v) is 6.21. The molecule has 0 radical (unpaired) electrons. The first-order valence-electron chi connectivity index (χ1n) is 9.92. The van der Waals surface area contributed by atoms with Gasteiger partial charge in [-0.3, -0.25) is 14.3 Å². The molecule has 1 aromatic heterocycles. The molecule has 2 saturated heterocycles. The van der Waals surface area contributed by atoms with Crippen LogP contribution in [0.3, 0.4) is 0 Å². The molecule has 2 aliphatic rings. The Bertz CT molecular complexity index is 732. The van der Waals surface area contributed by atoms with Gasteiger partial charge in [0.2, 0.25) is 5.91 Å². The minimum absolute atomic E-state index is 0.0129. The Morgan fingerprint density at radius 1 is 1.19 bits per heavy atom. The lowest BCUT2D eigenvalue weighted by Crippen LogP contribution is -2.55. The number of nitrogens with zero attached hydrogens (tertiary/aromatic N) is 4. The SMILES string of the molecule is CC(=O)N1CC(O)CC2(CCN(C(=O)c3c(C)nn(C(C)C)c3C)CC2)C1. The van der Waals surface area contributed by atoms with E-state index in [1.807, 2.05) is 23.4 Å². The van der Waals surface area contributed by atoms with Crippen molar-refractivity contribution in [3.05, 3.63) is 17.0 Å². The molecule has 0 bridgehead atoms. The topological polar surface area (TPSA) is 78.7 Å². The van der Waals surface area contributed by atoms with Crippen molar-refractivity contribution in [1.29, 1.82) is 0 Å². The summed E-state index contributed by atoms with van der Waals surface area (Å²) in [5, 5.41) is 14.8. The molecule has 2 fully saturated rings. The number of β-amino-alcohol motifs (C(OH)–C–C–N with tert-alkyl or cyclic N) is 1. The van der Waals surface area contributed by atoms with Crippen molar-refractivity contribution in [2.75, 3.05) is 26.2 Å². The standard InChI is InChI=1S/C20H32N4O3/c1-13(2)24-15(4)18(14(3)21-24)19(27)22-8-6-20(7-9-22)10-17(26)11-23(12-20)16(5)25/h13,17,26H,6-12H2,1-5H3. The van der Waals surface area contributed by atoms with Gasteiger partial charge in [0, 0.05) is 44.8 Å². The zero-order valence-electron chi connectivity index (χ0n) is 17.2. The van der Waals surface area contributed by atoms with Crippen molar-refractivity contribution in [1.82, 2.24) is 19.6 Å². The number of amides is 2. The van der Waals surface area contributed by atoms with Gasteiger partial charge in [-0.1, -0.05) is 0 Å². The van der Waals surface area contributed by atoms with Crippen LogP contribution in [-0.4, -0.2) is 68.8 Å². The molecule has 7 nitrogen and oxygen atoms in total. The van der Waals surface area contributed by atoms with E-state index in [9.17, 15) is 14.7 Å². The highest BCUT2D eigenvalue weighted by molar-refractivity contribution is 5.96. The number of aliphatic hydroxyl groups is 1. The molecule has 0 saturated carbocycles. The zero-order chi connectivity index (χ0) is 19.9. The summed E-state index contributed by atoms with van der Waals surface area (Å²) in [7, 11) is 0. The first-order valence-corrected chi connectivity index (χ1v) is 9.92. The van der Waals surface area contributed by atoms with E-state index >= 15 is 0 Å². The minimum atomic E-state index is -0.473. The van der Waals surface area contributed by atoms with Gasteiger partial charge in [-0.25, -0.2) is 0 Å². The van der Waals surface area contributed by atoms with E-state index in [4.69, 9.17) is 0 Å². The number of carbonyl (C=O) groups is 2. The van der Waals surface area contributed by atoms with E-state index in [1.54, 1.807) is 11.8 Å². The number of hydrogen-bond donors (Lipinski definition) is 1. The number of aromatic nitrogens is 2. The Morgan fingerprint density at radius 3 is 2.33 bits per heavy atom. The predicted molar refractivity (Wildman–Crippen MR) is 103 cm³/mol. The van der Waals surface area contributed by atoms with E-state index in [2.05, 4.69) is 18.9 Å². The van der Waals surface area contributed by atoms with Gasteiger partial charge in [-0.05, 0) is 52.4 Å². The molecule has 2 aliphatic heterocycles. The number of hydrogen-bond acceptors (Lipinski definition) is 4. The predicted octanol–water partition coefficient (Wildman–Crippen LogP) is 1.92. The Balaban J connectivity index is 1.72. The number of rotatable bonds is 2. The maximum Gasteiger partial charge on any atom is 0.257 e. The normalized spacial score (nSPS) is 22.6. The molecule has 1 aromatic rings. The molecule has 3 rings (SSSR count). The second-order valence-electron chi connectivity index (χ2n) is 8.63. The maximum absolute atomic E-state index is 13.1. The lowest BCUT2D eigenvalue weighted by molar-refractivity contribution is -0.137. The van der Waals surface area contributed by atoms with Gasteiger partial charge < -0.3 is 14.9 Å². The average Bonchev–Trinajstić information content (AvgIpc) is 2.89. The number of carbonyl (C=O) groups excluding carboxylic acids is 2. The number of piperidine rings is 2. The molecule has 0 aliphatic carbocycles. The van der Waals surface area contributed by atoms with Crippen molar-refractivity contribution in [2.24, 2.45) is 5.41 Å². The van der Waals surface area contributed by atoms with Crippen molar-refractivity contribution < 1.29 is 14.7 Å². The number of aryl methyl sites for hydroxylation is 1. The average molecular weight is 377 g/mol. The fourth-order valence-corrected chi connectivity index (χ4v) is 4.77. The van der Waals surface area contributed by atoms with Crippen LogP contribution in [-0.2, 0) is 4.79 Å². The minimum Gasteiger partial charge on any atom is -0.391 e. The molecule has 150 valence electrons. The molecule has 2 amide bonds.